The number of hydrogen-bond donors (Lipinski definition) is 1. The fourth-order valence-corrected chi connectivity index (χ4v) is 4.22. The molecule has 0 saturated carbocycles. The van der Waals surface area contributed by atoms with Gasteiger partial charge in [0, 0.05) is 15.5 Å². The van der Waals surface area contributed by atoms with E-state index in [9.17, 15) is 9.32 Å². The molecular formula is C17H19BrO2S. The molecule has 4 heteroatoms. The van der Waals surface area contributed by atoms with Gasteiger partial charge in [-0.25, -0.2) is 0 Å². The first-order valence-corrected chi connectivity index (χ1v) is 9.13. The zero-order valence-electron chi connectivity index (χ0n) is 11.9. The molecule has 0 heterocycles. The average molecular weight is 367 g/mol. The quantitative estimate of drug-likeness (QED) is 0.786. The molecule has 4 atom stereocenters. The van der Waals surface area contributed by atoms with Crippen molar-refractivity contribution in [1.82, 2.24) is 0 Å². The van der Waals surface area contributed by atoms with Gasteiger partial charge in [0.1, 0.15) is 0 Å². The van der Waals surface area contributed by atoms with Gasteiger partial charge in [-0.2, -0.15) is 0 Å². The highest BCUT2D eigenvalue weighted by molar-refractivity contribution is 9.09. The molecule has 0 aliphatic rings. The molecule has 112 valence electrons. The third kappa shape index (κ3) is 4.50. The number of alkyl halides is 1. The van der Waals surface area contributed by atoms with Crippen LogP contribution >= 0.6 is 15.9 Å². The molecule has 0 aliphatic carbocycles. The Kier molecular flexibility index (Phi) is 6.15. The van der Waals surface area contributed by atoms with Gasteiger partial charge in [0.2, 0.25) is 0 Å². The summed E-state index contributed by atoms with van der Waals surface area (Å²) in [6, 6.07) is 19.0. The van der Waals surface area contributed by atoms with Crippen molar-refractivity contribution >= 4 is 26.7 Å². The van der Waals surface area contributed by atoms with Crippen molar-refractivity contribution in [2.24, 2.45) is 5.92 Å². The smallest absolute Gasteiger partial charge is 0.0917 e. The summed E-state index contributed by atoms with van der Waals surface area (Å²) in [6.07, 6.45) is -0.603. The van der Waals surface area contributed by atoms with Crippen molar-refractivity contribution < 1.29 is 9.32 Å². The lowest BCUT2D eigenvalue weighted by Gasteiger charge is -2.23. The van der Waals surface area contributed by atoms with E-state index in [0.717, 1.165) is 10.5 Å². The van der Waals surface area contributed by atoms with Crippen LogP contribution in [0, 0.1) is 5.92 Å². The van der Waals surface area contributed by atoms with E-state index in [1.54, 1.807) is 0 Å². The van der Waals surface area contributed by atoms with Gasteiger partial charge in [0.15, 0.2) is 0 Å². The normalized spacial score (nSPS) is 16.9. The lowest BCUT2D eigenvalue weighted by atomic mass is 9.99. The molecule has 0 radical (unpaired) electrons. The van der Waals surface area contributed by atoms with Crippen molar-refractivity contribution in [2.45, 2.75) is 22.8 Å². The molecule has 0 fully saturated rings. The van der Waals surface area contributed by atoms with Crippen molar-refractivity contribution in [3.8, 4) is 0 Å². The molecule has 0 aromatic heterocycles. The topological polar surface area (TPSA) is 37.3 Å². The summed E-state index contributed by atoms with van der Waals surface area (Å²) in [5.41, 5.74) is 0.872. The largest absolute Gasteiger partial charge is 0.387 e. The van der Waals surface area contributed by atoms with Gasteiger partial charge in [-0.3, -0.25) is 4.21 Å². The van der Waals surface area contributed by atoms with E-state index in [1.165, 1.54) is 0 Å². The van der Waals surface area contributed by atoms with E-state index in [1.807, 2.05) is 67.6 Å². The van der Waals surface area contributed by atoms with E-state index in [-0.39, 0.29) is 10.7 Å². The summed E-state index contributed by atoms with van der Waals surface area (Å²) in [4.78, 5) is 0.700. The minimum absolute atomic E-state index is 0.0845. The zero-order chi connectivity index (χ0) is 15.2. The molecule has 0 aliphatic heterocycles. The Morgan fingerprint density at radius 2 is 1.57 bits per heavy atom. The van der Waals surface area contributed by atoms with E-state index in [4.69, 9.17) is 0 Å². The molecular weight excluding hydrogens is 348 g/mol. The Bertz CT molecular complexity index is 574. The minimum Gasteiger partial charge on any atom is -0.387 e. The summed E-state index contributed by atoms with van der Waals surface area (Å²) in [5, 5.41) is 10.4. The SMILES string of the molecule is C[C@H](C[S@@](=O)c1ccccc1)[C@H](Br)[C@H](O)c1ccccc1. The second-order valence-corrected chi connectivity index (χ2v) is 7.66. The van der Waals surface area contributed by atoms with Gasteiger partial charge < -0.3 is 5.11 Å². The van der Waals surface area contributed by atoms with Crippen LogP contribution in [0.2, 0.25) is 0 Å². The predicted molar refractivity (Wildman–Crippen MR) is 91.0 cm³/mol. The van der Waals surface area contributed by atoms with Crippen LogP contribution in [0.3, 0.4) is 0 Å². The summed E-state index contributed by atoms with van der Waals surface area (Å²) >= 11 is 3.56. The molecule has 0 bridgehead atoms. The van der Waals surface area contributed by atoms with Gasteiger partial charge >= 0.3 is 0 Å². The van der Waals surface area contributed by atoms with Crippen molar-refractivity contribution in [3.05, 3.63) is 66.2 Å². The Labute approximate surface area is 136 Å². The number of rotatable bonds is 6. The van der Waals surface area contributed by atoms with Crippen LogP contribution in [0.4, 0.5) is 0 Å². The molecule has 2 nitrogen and oxygen atoms in total. The molecule has 21 heavy (non-hydrogen) atoms. The highest BCUT2D eigenvalue weighted by Gasteiger charge is 2.25. The summed E-state index contributed by atoms with van der Waals surface area (Å²) in [6.45, 7) is 2.01. The van der Waals surface area contributed by atoms with Crippen molar-refractivity contribution in [1.29, 1.82) is 0 Å². The first kappa shape index (κ1) is 16.4. The number of aliphatic hydroxyl groups is 1. The standard InChI is InChI=1S/C17H19BrO2S/c1-13(12-21(20)15-10-6-3-7-11-15)16(18)17(19)14-8-4-2-5-9-14/h2-11,13,16-17,19H,12H2,1H3/t13-,16+,17-,21-/m1/s1. The summed E-state index contributed by atoms with van der Waals surface area (Å²) in [5.74, 6) is 0.602. The second kappa shape index (κ2) is 7.87. The third-order valence-electron chi connectivity index (χ3n) is 3.41. The van der Waals surface area contributed by atoms with Crippen LogP contribution in [0.25, 0.3) is 0 Å². The maximum Gasteiger partial charge on any atom is 0.0917 e. The lowest BCUT2D eigenvalue weighted by molar-refractivity contribution is 0.161. The molecule has 2 aromatic rings. The monoisotopic (exact) mass is 366 g/mol. The fourth-order valence-electron chi connectivity index (χ4n) is 2.14. The van der Waals surface area contributed by atoms with Gasteiger partial charge in [-0.05, 0) is 23.6 Å². The summed E-state index contributed by atoms with van der Waals surface area (Å²) in [7, 11) is -1.05. The van der Waals surface area contributed by atoms with E-state index >= 15 is 0 Å². The molecule has 0 saturated heterocycles. The van der Waals surface area contributed by atoms with Crippen molar-refractivity contribution in [3.63, 3.8) is 0 Å². The van der Waals surface area contributed by atoms with E-state index in [2.05, 4.69) is 15.9 Å². The number of aliphatic hydroxyl groups excluding tert-OH is 1. The van der Waals surface area contributed by atoms with Gasteiger partial charge in [0.25, 0.3) is 0 Å². The highest BCUT2D eigenvalue weighted by atomic mass is 79.9. The van der Waals surface area contributed by atoms with Crippen LogP contribution in [-0.4, -0.2) is 19.9 Å². The van der Waals surface area contributed by atoms with E-state index < -0.39 is 16.9 Å². The molecule has 0 amide bonds. The van der Waals surface area contributed by atoms with Crippen LogP contribution < -0.4 is 0 Å². The number of benzene rings is 2. The van der Waals surface area contributed by atoms with Gasteiger partial charge in [0.05, 0.1) is 16.9 Å². The first-order valence-electron chi connectivity index (χ1n) is 6.90. The highest BCUT2D eigenvalue weighted by Crippen LogP contribution is 2.29. The van der Waals surface area contributed by atoms with Crippen LogP contribution in [0.1, 0.15) is 18.6 Å². The minimum atomic E-state index is -1.05. The lowest BCUT2D eigenvalue weighted by Crippen LogP contribution is -2.24. The van der Waals surface area contributed by atoms with Crippen molar-refractivity contribution in [2.75, 3.05) is 5.75 Å². The molecule has 2 rings (SSSR count). The third-order valence-corrected chi connectivity index (χ3v) is 6.44. The fraction of sp³-hybridized carbons (Fsp3) is 0.294. The first-order chi connectivity index (χ1) is 10.1. The van der Waals surface area contributed by atoms with Crippen LogP contribution in [0.15, 0.2) is 65.6 Å². The second-order valence-electron chi connectivity index (χ2n) is 5.10. The molecule has 0 unspecified atom stereocenters. The Balaban J connectivity index is 2.00. The van der Waals surface area contributed by atoms with Crippen LogP contribution in [0.5, 0.6) is 0 Å². The molecule has 1 N–H and O–H groups in total. The Morgan fingerprint density at radius 1 is 1.05 bits per heavy atom. The number of halogens is 1. The average Bonchev–Trinajstić information content (AvgIpc) is 2.55. The van der Waals surface area contributed by atoms with E-state index in [0.29, 0.717) is 5.75 Å². The maximum atomic E-state index is 12.3. The van der Waals surface area contributed by atoms with Gasteiger partial charge in [-0.15, -0.1) is 0 Å². The Morgan fingerprint density at radius 3 is 2.14 bits per heavy atom. The Hall–Kier alpha value is -0.970. The zero-order valence-corrected chi connectivity index (χ0v) is 14.3. The maximum absolute atomic E-state index is 12.3. The number of hydrogen-bond acceptors (Lipinski definition) is 2. The predicted octanol–water partition coefficient (Wildman–Crippen LogP) is 3.93. The molecule has 0 spiro atoms. The summed E-state index contributed by atoms with van der Waals surface area (Å²) < 4.78 is 12.3. The van der Waals surface area contributed by atoms with Gasteiger partial charge in [-0.1, -0.05) is 71.4 Å². The molecule has 2 aromatic carbocycles. The van der Waals surface area contributed by atoms with Crippen LogP contribution in [-0.2, 0) is 10.8 Å².